The Kier molecular flexibility index (Phi) is 5.64. The van der Waals surface area contributed by atoms with Gasteiger partial charge in [0.05, 0.1) is 13.7 Å². The first-order chi connectivity index (χ1) is 10.2. The highest BCUT2D eigenvalue weighted by Gasteiger charge is 2.07. The third-order valence-corrected chi connectivity index (χ3v) is 3.48. The van der Waals surface area contributed by atoms with Crippen LogP contribution in [0.25, 0.3) is 0 Å². The monoisotopic (exact) mass is 285 g/mol. The Morgan fingerprint density at radius 3 is 2.43 bits per heavy atom. The Morgan fingerprint density at radius 1 is 1.05 bits per heavy atom. The van der Waals surface area contributed by atoms with E-state index < -0.39 is 0 Å². The summed E-state index contributed by atoms with van der Waals surface area (Å²) < 4.78 is 10.8. The van der Waals surface area contributed by atoms with Gasteiger partial charge in [-0.25, -0.2) is 0 Å². The first-order valence-corrected chi connectivity index (χ1v) is 7.32. The van der Waals surface area contributed by atoms with Crippen LogP contribution in [0.2, 0.25) is 0 Å². The lowest BCUT2D eigenvalue weighted by atomic mass is 10.1. The molecule has 0 bridgehead atoms. The average Bonchev–Trinajstić information content (AvgIpc) is 2.54. The molecule has 2 aromatic rings. The van der Waals surface area contributed by atoms with Gasteiger partial charge in [-0.3, -0.25) is 0 Å². The highest BCUT2D eigenvalue weighted by atomic mass is 16.5. The van der Waals surface area contributed by atoms with E-state index in [-0.39, 0.29) is 6.04 Å². The first-order valence-electron chi connectivity index (χ1n) is 7.32. The Hall–Kier alpha value is -2.00. The molecule has 0 spiro atoms. The van der Waals surface area contributed by atoms with E-state index in [2.05, 4.69) is 30.4 Å². The SMILES string of the molecule is CCOc1ccc(C(C)NCc2ccccc2OC)cc1. The summed E-state index contributed by atoms with van der Waals surface area (Å²) >= 11 is 0. The molecule has 1 atom stereocenters. The van der Waals surface area contributed by atoms with E-state index in [0.29, 0.717) is 6.61 Å². The van der Waals surface area contributed by atoms with Gasteiger partial charge in [-0.05, 0) is 37.6 Å². The van der Waals surface area contributed by atoms with E-state index in [9.17, 15) is 0 Å². The summed E-state index contributed by atoms with van der Waals surface area (Å²) in [5.74, 6) is 1.84. The molecule has 0 aromatic heterocycles. The Morgan fingerprint density at radius 2 is 1.76 bits per heavy atom. The van der Waals surface area contributed by atoms with Crippen LogP contribution in [0.15, 0.2) is 48.5 Å². The lowest BCUT2D eigenvalue weighted by molar-refractivity contribution is 0.340. The van der Waals surface area contributed by atoms with Gasteiger partial charge in [0.2, 0.25) is 0 Å². The summed E-state index contributed by atoms with van der Waals surface area (Å²) in [4.78, 5) is 0. The average molecular weight is 285 g/mol. The quantitative estimate of drug-likeness (QED) is 0.835. The molecule has 0 saturated carbocycles. The number of methoxy groups -OCH3 is 1. The van der Waals surface area contributed by atoms with Crippen LogP contribution in [0, 0.1) is 0 Å². The van der Waals surface area contributed by atoms with E-state index in [0.717, 1.165) is 23.6 Å². The molecule has 0 aliphatic carbocycles. The molecule has 0 aliphatic rings. The molecule has 0 saturated heterocycles. The van der Waals surface area contributed by atoms with Crippen LogP contribution in [0.5, 0.6) is 11.5 Å². The summed E-state index contributed by atoms with van der Waals surface area (Å²) in [5, 5.41) is 3.52. The molecule has 0 radical (unpaired) electrons. The molecule has 1 unspecified atom stereocenters. The maximum atomic E-state index is 5.46. The molecule has 0 heterocycles. The summed E-state index contributed by atoms with van der Waals surface area (Å²) in [7, 11) is 1.70. The van der Waals surface area contributed by atoms with Crippen molar-refractivity contribution in [1.82, 2.24) is 5.32 Å². The molecular formula is C18H23NO2. The van der Waals surface area contributed by atoms with E-state index in [1.807, 2.05) is 37.3 Å². The van der Waals surface area contributed by atoms with Gasteiger partial charge in [0.15, 0.2) is 0 Å². The zero-order valence-corrected chi connectivity index (χ0v) is 12.9. The Balaban J connectivity index is 1.96. The summed E-state index contributed by atoms with van der Waals surface area (Å²) in [6.07, 6.45) is 0. The maximum absolute atomic E-state index is 5.46. The molecule has 21 heavy (non-hydrogen) atoms. The second-order valence-corrected chi connectivity index (χ2v) is 4.92. The lowest BCUT2D eigenvalue weighted by Crippen LogP contribution is -2.18. The van der Waals surface area contributed by atoms with Gasteiger partial charge < -0.3 is 14.8 Å². The molecule has 2 aromatic carbocycles. The second kappa shape index (κ2) is 7.70. The van der Waals surface area contributed by atoms with Crippen molar-refractivity contribution in [2.24, 2.45) is 0 Å². The minimum absolute atomic E-state index is 0.269. The van der Waals surface area contributed by atoms with Gasteiger partial charge in [0.1, 0.15) is 11.5 Å². The fraction of sp³-hybridized carbons (Fsp3) is 0.333. The fourth-order valence-corrected chi connectivity index (χ4v) is 2.25. The zero-order valence-electron chi connectivity index (χ0n) is 12.9. The molecule has 3 nitrogen and oxygen atoms in total. The summed E-state index contributed by atoms with van der Waals surface area (Å²) in [6.45, 7) is 5.62. The summed E-state index contributed by atoms with van der Waals surface area (Å²) in [6, 6.07) is 16.6. The Bertz CT molecular complexity index is 551. The van der Waals surface area contributed by atoms with Gasteiger partial charge >= 0.3 is 0 Å². The maximum Gasteiger partial charge on any atom is 0.123 e. The molecule has 0 aliphatic heterocycles. The molecular weight excluding hydrogens is 262 g/mol. The number of benzene rings is 2. The van der Waals surface area contributed by atoms with Crippen molar-refractivity contribution in [1.29, 1.82) is 0 Å². The lowest BCUT2D eigenvalue weighted by Gasteiger charge is -2.16. The Labute approximate surface area is 126 Å². The first kappa shape index (κ1) is 15.4. The van der Waals surface area contributed by atoms with Gasteiger partial charge in [0, 0.05) is 18.2 Å². The van der Waals surface area contributed by atoms with Gasteiger partial charge in [-0.1, -0.05) is 30.3 Å². The van der Waals surface area contributed by atoms with Crippen molar-refractivity contribution in [2.75, 3.05) is 13.7 Å². The molecule has 2 rings (SSSR count). The molecule has 3 heteroatoms. The predicted octanol–water partition coefficient (Wildman–Crippen LogP) is 3.94. The van der Waals surface area contributed by atoms with Crippen LogP contribution in [0.1, 0.15) is 31.0 Å². The van der Waals surface area contributed by atoms with Crippen molar-refractivity contribution in [3.8, 4) is 11.5 Å². The van der Waals surface area contributed by atoms with E-state index in [1.165, 1.54) is 5.56 Å². The molecule has 112 valence electrons. The van der Waals surface area contributed by atoms with E-state index in [4.69, 9.17) is 9.47 Å². The number of para-hydroxylation sites is 1. The number of ether oxygens (including phenoxy) is 2. The van der Waals surface area contributed by atoms with Crippen molar-refractivity contribution in [3.63, 3.8) is 0 Å². The smallest absolute Gasteiger partial charge is 0.123 e. The van der Waals surface area contributed by atoms with Crippen LogP contribution in [0.3, 0.4) is 0 Å². The number of hydrogen-bond acceptors (Lipinski definition) is 3. The van der Waals surface area contributed by atoms with E-state index in [1.54, 1.807) is 7.11 Å². The van der Waals surface area contributed by atoms with Crippen molar-refractivity contribution in [3.05, 3.63) is 59.7 Å². The summed E-state index contributed by atoms with van der Waals surface area (Å²) in [5.41, 5.74) is 2.41. The van der Waals surface area contributed by atoms with Crippen LogP contribution in [0.4, 0.5) is 0 Å². The van der Waals surface area contributed by atoms with Gasteiger partial charge in [-0.15, -0.1) is 0 Å². The third kappa shape index (κ3) is 4.23. The number of hydrogen-bond donors (Lipinski definition) is 1. The number of nitrogens with one attached hydrogen (secondary N) is 1. The van der Waals surface area contributed by atoms with Crippen LogP contribution >= 0.6 is 0 Å². The van der Waals surface area contributed by atoms with Gasteiger partial charge in [0.25, 0.3) is 0 Å². The minimum Gasteiger partial charge on any atom is -0.496 e. The molecule has 0 amide bonds. The zero-order chi connectivity index (χ0) is 15.1. The van der Waals surface area contributed by atoms with Crippen molar-refractivity contribution in [2.45, 2.75) is 26.4 Å². The minimum atomic E-state index is 0.269. The van der Waals surface area contributed by atoms with Crippen LogP contribution in [-0.4, -0.2) is 13.7 Å². The molecule has 0 fully saturated rings. The fourth-order valence-electron chi connectivity index (χ4n) is 2.25. The highest BCUT2D eigenvalue weighted by Crippen LogP contribution is 2.20. The van der Waals surface area contributed by atoms with Crippen molar-refractivity contribution < 1.29 is 9.47 Å². The number of rotatable bonds is 7. The standard InChI is InChI=1S/C18H23NO2/c1-4-21-17-11-9-15(10-12-17)14(2)19-13-16-7-5-6-8-18(16)20-3/h5-12,14,19H,4,13H2,1-3H3. The topological polar surface area (TPSA) is 30.5 Å². The normalized spacial score (nSPS) is 12.0. The largest absolute Gasteiger partial charge is 0.496 e. The highest BCUT2D eigenvalue weighted by molar-refractivity contribution is 5.33. The third-order valence-electron chi connectivity index (χ3n) is 3.48. The van der Waals surface area contributed by atoms with Gasteiger partial charge in [-0.2, -0.15) is 0 Å². The second-order valence-electron chi connectivity index (χ2n) is 4.92. The van der Waals surface area contributed by atoms with Crippen molar-refractivity contribution >= 4 is 0 Å². The van der Waals surface area contributed by atoms with Crippen LogP contribution in [-0.2, 0) is 6.54 Å². The molecule has 1 N–H and O–H groups in total. The van der Waals surface area contributed by atoms with E-state index >= 15 is 0 Å². The van der Waals surface area contributed by atoms with Crippen LogP contribution < -0.4 is 14.8 Å². The predicted molar refractivity (Wildman–Crippen MR) is 85.9 cm³/mol.